The second kappa shape index (κ2) is 11.9. The highest BCUT2D eigenvalue weighted by Gasteiger charge is 2.22. The molecule has 5 rings (SSSR count). The number of non-ortho nitro benzene ring substituents is 1. The van der Waals surface area contributed by atoms with Gasteiger partial charge in [0.1, 0.15) is 11.5 Å². The zero-order valence-corrected chi connectivity index (χ0v) is 22.5. The zero-order chi connectivity index (χ0) is 29.8. The first kappa shape index (κ1) is 28.0. The first-order valence-electron chi connectivity index (χ1n) is 12.3. The number of hydrogen-bond donors (Lipinski definition) is 2. The van der Waals surface area contributed by atoms with E-state index in [0.29, 0.717) is 27.1 Å². The van der Waals surface area contributed by atoms with Gasteiger partial charge in [-0.1, -0.05) is 41.9 Å². The maximum absolute atomic E-state index is 14.6. The summed E-state index contributed by atoms with van der Waals surface area (Å²) in [6.07, 6.45) is 1.35. The van der Waals surface area contributed by atoms with Crippen molar-refractivity contribution < 1.29 is 28.4 Å². The highest BCUT2D eigenvalue weighted by atomic mass is 35.5. The average molecular weight is 587 g/mol. The van der Waals surface area contributed by atoms with Gasteiger partial charge in [0.25, 0.3) is 11.6 Å². The summed E-state index contributed by atoms with van der Waals surface area (Å²) >= 11 is 6.41. The molecule has 10 nitrogen and oxygen atoms in total. The minimum Gasteiger partial charge on any atom is -0.493 e. The number of rotatable bonds is 8. The molecule has 0 unspecified atom stereocenters. The second-order valence-electron chi connectivity index (χ2n) is 8.82. The van der Waals surface area contributed by atoms with Crippen molar-refractivity contribution >= 4 is 46.3 Å². The largest absolute Gasteiger partial charge is 0.493 e. The van der Waals surface area contributed by atoms with Gasteiger partial charge in [-0.15, -0.1) is 0 Å². The molecular formula is C30H20ClFN4O6. The van der Waals surface area contributed by atoms with E-state index in [0.717, 1.165) is 0 Å². The normalized spacial score (nSPS) is 11.0. The molecular weight excluding hydrogens is 567 g/mol. The van der Waals surface area contributed by atoms with Gasteiger partial charge in [0, 0.05) is 33.7 Å². The topological polar surface area (TPSA) is 136 Å². The summed E-state index contributed by atoms with van der Waals surface area (Å²) in [7, 11) is 1.38. The Bertz CT molecular complexity index is 1870. The summed E-state index contributed by atoms with van der Waals surface area (Å²) in [4.78, 5) is 38.8. The third kappa shape index (κ3) is 5.67. The number of halogens is 2. The average Bonchev–Trinajstić information content (AvgIpc) is 3.39. The summed E-state index contributed by atoms with van der Waals surface area (Å²) in [5.41, 5.74) is 4.11. The lowest BCUT2D eigenvalue weighted by molar-refractivity contribution is -0.384. The predicted octanol–water partition coefficient (Wildman–Crippen LogP) is 6.53. The van der Waals surface area contributed by atoms with E-state index in [2.05, 4.69) is 15.5 Å². The number of ether oxygens (including phenoxy) is 2. The number of carbonyl (C=O) groups excluding carboxylic acids is 2. The standard InChI is InChI=1S/C30H20ClFN4O6/c1-41-25-15-17(9-14-24(25)42-30(38)18-10-12-19(13-11-18)36(39)40)16-33-35-29(37)28-26(20-5-2-3-7-22(20)31)21-6-4-8-23(32)27(21)34-28/h2-16,34H,1H3,(H,35,37). The maximum Gasteiger partial charge on any atom is 0.343 e. The second-order valence-corrected chi connectivity index (χ2v) is 9.23. The van der Waals surface area contributed by atoms with E-state index in [1.807, 2.05) is 0 Å². The fourth-order valence-electron chi connectivity index (χ4n) is 4.24. The Balaban J connectivity index is 1.34. The van der Waals surface area contributed by atoms with Crippen molar-refractivity contribution in [2.45, 2.75) is 0 Å². The van der Waals surface area contributed by atoms with Crippen molar-refractivity contribution in [2.24, 2.45) is 5.10 Å². The van der Waals surface area contributed by atoms with Crippen molar-refractivity contribution in [2.75, 3.05) is 7.11 Å². The molecule has 0 radical (unpaired) electrons. The van der Waals surface area contributed by atoms with Crippen LogP contribution in [-0.2, 0) is 0 Å². The van der Waals surface area contributed by atoms with Gasteiger partial charge < -0.3 is 14.5 Å². The molecule has 1 heterocycles. The summed E-state index contributed by atoms with van der Waals surface area (Å²) in [6, 6.07) is 21.0. The van der Waals surface area contributed by atoms with Crippen molar-refractivity contribution in [1.82, 2.24) is 10.4 Å². The third-order valence-corrected chi connectivity index (χ3v) is 6.57. The van der Waals surface area contributed by atoms with Crippen molar-refractivity contribution in [1.29, 1.82) is 0 Å². The van der Waals surface area contributed by atoms with Crippen molar-refractivity contribution in [3.8, 4) is 22.6 Å². The predicted molar refractivity (Wildman–Crippen MR) is 155 cm³/mol. The van der Waals surface area contributed by atoms with Gasteiger partial charge in [0.15, 0.2) is 11.5 Å². The highest BCUT2D eigenvalue weighted by Crippen LogP contribution is 2.37. The van der Waals surface area contributed by atoms with Gasteiger partial charge in [-0.2, -0.15) is 5.10 Å². The minimum atomic E-state index is -0.735. The number of amides is 1. The third-order valence-electron chi connectivity index (χ3n) is 6.24. The number of nitro groups is 1. The van der Waals surface area contributed by atoms with E-state index in [4.69, 9.17) is 21.1 Å². The number of para-hydroxylation sites is 1. The molecule has 1 amide bonds. The number of aromatic amines is 1. The lowest BCUT2D eigenvalue weighted by Gasteiger charge is -2.10. The lowest BCUT2D eigenvalue weighted by atomic mass is 10.0. The number of hydrogen-bond acceptors (Lipinski definition) is 7. The van der Waals surface area contributed by atoms with E-state index in [1.54, 1.807) is 42.5 Å². The van der Waals surface area contributed by atoms with Crippen LogP contribution in [0.3, 0.4) is 0 Å². The van der Waals surface area contributed by atoms with Crippen LogP contribution in [0.2, 0.25) is 5.02 Å². The number of esters is 1. The number of nitrogens with zero attached hydrogens (tertiary/aromatic N) is 2. The van der Waals surface area contributed by atoms with Crippen molar-refractivity contribution in [3.05, 3.63) is 123 Å². The van der Waals surface area contributed by atoms with Crippen LogP contribution in [0, 0.1) is 15.9 Å². The zero-order valence-electron chi connectivity index (χ0n) is 21.8. The lowest BCUT2D eigenvalue weighted by Crippen LogP contribution is -2.19. The molecule has 0 saturated heterocycles. The van der Waals surface area contributed by atoms with Crippen LogP contribution < -0.4 is 14.9 Å². The van der Waals surface area contributed by atoms with E-state index in [9.17, 15) is 24.1 Å². The van der Waals surface area contributed by atoms with Crippen LogP contribution in [0.25, 0.3) is 22.0 Å². The summed E-state index contributed by atoms with van der Waals surface area (Å²) in [5.74, 6) is -1.58. The van der Waals surface area contributed by atoms with Crippen LogP contribution in [0.15, 0.2) is 90.0 Å². The number of nitrogens with one attached hydrogen (secondary N) is 2. The Kier molecular flexibility index (Phi) is 7.93. The summed E-state index contributed by atoms with van der Waals surface area (Å²) < 4.78 is 25.3. The molecule has 5 aromatic rings. The molecule has 12 heteroatoms. The SMILES string of the molecule is COc1cc(C=NNC(=O)c2[nH]c3c(F)cccc3c2-c2ccccc2Cl)ccc1OC(=O)c1ccc([N+](=O)[O-])cc1. The van der Waals surface area contributed by atoms with Gasteiger partial charge in [0.05, 0.1) is 29.3 Å². The monoisotopic (exact) mass is 586 g/mol. The number of fused-ring (bicyclic) bond motifs is 1. The Morgan fingerprint density at radius 1 is 1.02 bits per heavy atom. The van der Waals surface area contributed by atoms with Gasteiger partial charge in [-0.3, -0.25) is 14.9 Å². The minimum absolute atomic E-state index is 0.0754. The van der Waals surface area contributed by atoms with E-state index in [-0.39, 0.29) is 34.0 Å². The van der Waals surface area contributed by atoms with Crippen molar-refractivity contribution in [3.63, 3.8) is 0 Å². The smallest absolute Gasteiger partial charge is 0.343 e. The molecule has 210 valence electrons. The number of benzene rings is 4. The number of hydrazone groups is 1. The Morgan fingerprint density at radius 2 is 1.79 bits per heavy atom. The first-order valence-corrected chi connectivity index (χ1v) is 12.7. The molecule has 4 aromatic carbocycles. The summed E-state index contributed by atoms with van der Waals surface area (Å²) in [5, 5.41) is 15.7. The van der Waals surface area contributed by atoms with Crippen LogP contribution in [0.4, 0.5) is 10.1 Å². The van der Waals surface area contributed by atoms with Gasteiger partial charge >= 0.3 is 5.97 Å². The molecule has 1 aromatic heterocycles. The van der Waals surface area contributed by atoms with Gasteiger partial charge in [-0.25, -0.2) is 14.6 Å². The molecule has 0 spiro atoms. The Hall–Kier alpha value is -5.55. The van der Waals surface area contributed by atoms with Crippen LogP contribution in [-0.4, -0.2) is 35.1 Å². The molecule has 0 atom stereocenters. The molecule has 0 aliphatic rings. The van der Waals surface area contributed by atoms with Crippen LogP contribution in [0.1, 0.15) is 26.4 Å². The van der Waals surface area contributed by atoms with E-state index >= 15 is 0 Å². The van der Waals surface area contributed by atoms with Crippen LogP contribution >= 0.6 is 11.6 Å². The number of H-pyrrole nitrogens is 1. The highest BCUT2D eigenvalue weighted by molar-refractivity contribution is 6.34. The fraction of sp³-hybridized carbons (Fsp3) is 0.0333. The molecule has 0 aliphatic heterocycles. The first-order chi connectivity index (χ1) is 20.3. The fourth-order valence-corrected chi connectivity index (χ4v) is 4.47. The molecule has 0 fully saturated rings. The Labute approximate surface area is 242 Å². The number of carbonyl (C=O) groups is 2. The molecule has 0 aliphatic carbocycles. The van der Waals surface area contributed by atoms with E-state index < -0.39 is 22.6 Å². The quantitative estimate of drug-likeness (QED) is 0.0698. The van der Waals surface area contributed by atoms with E-state index in [1.165, 1.54) is 55.8 Å². The van der Waals surface area contributed by atoms with Gasteiger partial charge in [-0.05, 0) is 48.0 Å². The Morgan fingerprint density at radius 3 is 2.50 bits per heavy atom. The molecule has 42 heavy (non-hydrogen) atoms. The number of nitro benzene ring substituents is 1. The molecule has 0 bridgehead atoms. The molecule has 2 N–H and O–H groups in total. The number of aromatic nitrogens is 1. The van der Waals surface area contributed by atoms with Gasteiger partial charge in [0.2, 0.25) is 0 Å². The molecule has 0 saturated carbocycles. The number of methoxy groups -OCH3 is 1. The van der Waals surface area contributed by atoms with Crippen LogP contribution in [0.5, 0.6) is 11.5 Å². The summed E-state index contributed by atoms with van der Waals surface area (Å²) in [6.45, 7) is 0. The maximum atomic E-state index is 14.6.